The van der Waals surface area contributed by atoms with Crippen LogP contribution in [-0.4, -0.2) is 36.0 Å². The minimum absolute atomic E-state index is 0.0480. The topological polar surface area (TPSA) is 58.6 Å². The van der Waals surface area contributed by atoms with Crippen molar-refractivity contribution in [1.29, 1.82) is 0 Å². The zero-order valence-corrected chi connectivity index (χ0v) is 15.0. The molecule has 0 radical (unpaired) electrons. The fourth-order valence-electron chi connectivity index (χ4n) is 3.11. The molecule has 0 spiro atoms. The van der Waals surface area contributed by atoms with Crippen molar-refractivity contribution in [3.05, 3.63) is 71.3 Å². The maximum atomic E-state index is 12.4. The van der Waals surface area contributed by atoms with Crippen LogP contribution in [0.3, 0.4) is 0 Å². The molecule has 1 saturated heterocycles. The summed E-state index contributed by atoms with van der Waals surface area (Å²) in [6.07, 6.45) is 1.17. The van der Waals surface area contributed by atoms with Crippen molar-refractivity contribution in [2.75, 3.05) is 13.1 Å². The third kappa shape index (κ3) is 4.63. The minimum atomic E-state index is -0.294. The molecular formula is C21H24N2O3. The maximum absolute atomic E-state index is 12.4. The minimum Gasteiger partial charge on any atom is -0.445 e. The molecule has 136 valence electrons. The van der Waals surface area contributed by atoms with Crippen LogP contribution in [0, 0.1) is 6.92 Å². The van der Waals surface area contributed by atoms with E-state index < -0.39 is 0 Å². The highest BCUT2D eigenvalue weighted by Crippen LogP contribution is 2.14. The fraction of sp³-hybridized carbons (Fsp3) is 0.333. The van der Waals surface area contributed by atoms with Crippen LogP contribution in [0.4, 0.5) is 4.79 Å². The van der Waals surface area contributed by atoms with E-state index in [-0.39, 0.29) is 24.6 Å². The van der Waals surface area contributed by atoms with Gasteiger partial charge in [0.1, 0.15) is 6.61 Å². The predicted octanol–water partition coefficient (Wildman–Crippen LogP) is 3.53. The highest BCUT2D eigenvalue weighted by molar-refractivity contribution is 5.95. The molecule has 1 aliphatic rings. The smallest absolute Gasteiger partial charge is 0.410 e. The van der Waals surface area contributed by atoms with Crippen LogP contribution < -0.4 is 5.32 Å². The molecule has 1 heterocycles. The van der Waals surface area contributed by atoms with E-state index in [1.54, 1.807) is 4.90 Å². The van der Waals surface area contributed by atoms with Crippen molar-refractivity contribution < 1.29 is 14.3 Å². The van der Waals surface area contributed by atoms with E-state index in [1.807, 2.05) is 61.5 Å². The van der Waals surface area contributed by atoms with Crippen LogP contribution in [0.5, 0.6) is 0 Å². The summed E-state index contributed by atoms with van der Waals surface area (Å²) in [6, 6.07) is 17.3. The first-order valence-corrected chi connectivity index (χ1v) is 8.95. The van der Waals surface area contributed by atoms with Crippen LogP contribution in [0.25, 0.3) is 0 Å². The molecule has 0 aromatic heterocycles. The number of amides is 2. The summed E-state index contributed by atoms with van der Waals surface area (Å²) in [4.78, 5) is 26.3. The SMILES string of the molecule is Cc1ccccc1C(=O)NC1CCN(C(=O)OCc2ccccc2)CC1. The Balaban J connectivity index is 1.44. The number of hydrogen-bond donors (Lipinski definition) is 1. The zero-order valence-electron chi connectivity index (χ0n) is 15.0. The second-order valence-corrected chi connectivity index (χ2v) is 6.59. The van der Waals surface area contributed by atoms with Gasteiger partial charge < -0.3 is 15.0 Å². The van der Waals surface area contributed by atoms with Gasteiger partial charge in [0.25, 0.3) is 5.91 Å². The van der Waals surface area contributed by atoms with Gasteiger partial charge in [0.05, 0.1) is 0 Å². The molecule has 3 rings (SSSR count). The fourth-order valence-corrected chi connectivity index (χ4v) is 3.11. The largest absolute Gasteiger partial charge is 0.445 e. The molecule has 1 fully saturated rings. The number of likely N-dealkylation sites (tertiary alicyclic amines) is 1. The molecule has 0 bridgehead atoms. The predicted molar refractivity (Wildman–Crippen MR) is 99.9 cm³/mol. The molecule has 2 aromatic carbocycles. The second-order valence-electron chi connectivity index (χ2n) is 6.59. The lowest BCUT2D eigenvalue weighted by Gasteiger charge is -2.31. The van der Waals surface area contributed by atoms with Crippen molar-refractivity contribution in [3.63, 3.8) is 0 Å². The third-order valence-electron chi connectivity index (χ3n) is 4.68. The van der Waals surface area contributed by atoms with E-state index >= 15 is 0 Å². The molecule has 1 aliphatic heterocycles. The van der Waals surface area contributed by atoms with Crippen molar-refractivity contribution in [3.8, 4) is 0 Å². The number of nitrogens with one attached hydrogen (secondary N) is 1. The first-order valence-electron chi connectivity index (χ1n) is 8.95. The van der Waals surface area contributed by atoms with Gasteiger partial charge in [-0.2, -0.15) is 0 Å². The number of benzene rings is 2. The van der Waals surface area contributed by atoms with Gasteiger partial charge >= 0.3 is 6.09 Å². The van der Waals surface area contributed by atoms with Gasteiger partial charge in [-0.25, -0.2) is 4.79 Å². The Morgan fingerprint density at radius 3 is 2.38 bits per heavy atom. The van der Waals surface area contributed by atoms with E-state index in [4.69, 9.17) is 4.74 Å². The molecule has 5 nitrogen and oxygen atoms in total. The molecule has 0 atom stereocenters. The molecule has 5 heteroatoms. The zero-order chi connectivity index (χ0) is 18.4. The van der Waals surface area contributed by atoms with Crippen LogP contribution in [-0.2, 0) is 11.3 Å². The summed E-state index contributed by atoms with van der Waals surface area (Å²) < 4.78 is 5.37. The summed E-state index contributed by atoms with van der Waals surface area (Å²) >= 11 is 0. The Hall–Kier alpha value is -2.82. The van der Waals surface area contributed by atoms with E-state index in [0.29, 0.717) is 18.7 Å². The van der Waals surface area contributed by atoms with Crippen LogP contribution in [0.2, 0.25) is 0 Å². The summed E-state index contributed by atoms with van der Waals surface area (Å²) in [7, 11) is 0. The summed E-state index contributed by atoms with van der Waals surface area (Å²) in [5, 5.41) is 3.08. The Kier molecular flexibility index (Phi) is 5.89. The normalized spacial score (nSPS) is 14.7. The number of aryl methyl sites for hydroxylation is 1. The number of nitrogens with zero attached hydrogens (tertiary/aromatic N) is 1. The van der Waals surface area contributed by atoms with Crippen LogP contribution >= 0.6 is 0 Å². The Labute approximate surface area is 154 Å². The van der Waals surface area contributed by atoms with Crippen molar-refractivity contribution >= 4 is 12.0 Å². The molecular weight excluding hydrogens is 328 g/mol. The number of carbonyl (C=O) groups is 2. The van der Waals surface area contributed by atoms with Crippen molar-refractivity contribution in [1.82, 2.24) is 10.2 Å². The Morgan fingerprint density at radius 1 is 1.04 bits per heavy atom. The average Bonchev–Trinajstić information content (AvgIpc) is 2.68. The first kappa shape index (κ1) is 18.0. The summed E-state index contributed by atoms with van der Waals surface area (Å²) in [5.74, 6) is -0.0480. The van der Waals surface area contributed by atoms with Crippen LogP contribution in [0.15, 0.2) is 54.6 Å². The van der Waals surface area contributed by atoms with E-state index in [1.165, 1.54) is 0 Å². The standard InChI is InChI=1S/C21H24N2O3/c1-16-7-5-6-10-19(16)20(24)22-18-11-13-23(14-12-18)21(25)26-15-17-8-3-2-4-9-17/h2-10,18H,11-15H2,1H3,(H,22,24). The molecule has 0 saturated carbocycles. The first-order chi connectivity index (χ1) is 12.6. The van der Waals surface area contributed by atoms with Gasteiger partial charge in [0, 0.05) is 24.7 Å². The molecule has 26 heavy (non-hydrogen) atoms. The highest BCUT2D eigenvalue weighted by Gasteiger charge is 2.25. The maximum Gasteiger partial charge on any atom is 0.410 e. The summed E-state index contributed by atoms with van der Waals surface area (Å²) in [6.45, 7) is 3.39. The van der Waals surface area contributed by atoms with Gasteiger partial charge in [-0.05, 0) is 37.0 Å². The number of rotatable bonds is 4. The molecule has 1 N–H and O–H groups in total. The monoisotopic (exact) mass is 352 g/mol. The molecule has 0 unspecified atom stereocenters. The van der Waals surface area contributed by atoms with Gasteiger partial charge in [-0.3, -0.25) is 4.79 Å². The molecule has 0 aliphatic carbocycles. The van der Waals surface area contributed by atoms with Gasteiger partial charge in [-0.1, -0.05) is 48.5 Å². The number of hydrogen-bond acceptors (Lipinski definition) is 3. The van der Waals surface area contributed by atoms with Gasteiger partial charge in [-0.15, -0.1) is 0 Å². The number of ether oxygens (including phenoxy) is 1. The highest BCUT2D eigenvalue weighted by atomic mass is 16.6. The number of carbonyl (C=O) groups excluding carboxylic acids is 2. The Bertz CT molecular complexity index is 753. The van der Waals surface area contributed by atoms with E-state index in [0.717, 1.165) is 24.0 Å². The lowest BCUT2D eigenvalue weighted by Crippen LogP contribution is -2.46. The number of piperidine rings is 1. The average molecular weight is 352 g/mol. The van der Waals surface area contributed by atoms with Crippen molar-refractivity contribution in [2.24, 2.45) is 0 Å². The molecule has 2 aromatic rings. The third-order valence-corrected chi connectivity index (χ3v) is 4.68. The second kappa shape index (κ2) is 8.52. The summed E-state index contributed by atoms with van der Waals surface area (Å²) in [5.41, 5.74) is 2.64. The van der Waals surface area contributed by atoms with E-state index in [9.17, 15) is 9.59 Å². The Morgan fingerprint density at radius 2 is 1.69 bits per heavy atom. The lowest BCUT2D eigenvalue weighted by atomic mass is 10.0. The van der Waals surface area contributed by atoms with Crippen molar-refractivity contribution in [2.45, 2.75) is 32.4 Å². The van der Waals surface area contributed by atoms with Crippen LogP contribution in [0.1, 0.15) is 34.3 Å². The molecule has 2 amide bonds. The van der Waals surface area contributed by atoms with Gasteiger partial charge in [0.15, 0.2) is 0 Å². The van der Waals surface area contributed by atoms with E-state index in [2.05, 4.69) is 5.32 Å². The van der Waals surface area contributed by atoms with Gasteiger partial charge in [0.2, 0.25) is 0 Å². The quantitative estimate of drug-likeness (QED) is 0.916. The lowest BCUT2D eigenvalue weighted by molar-refractivity contribution is 0.0809.